The number of likely N-dealkylation sites (tertiary alicyclic amines) is 1. The maximum Gasteiger partial charge on any atom is 0.254 e. The van der Waals surface area contributed by atoms with Crippen molar-refractivity contribution in [3.63, 3.8) is 0 Å². The second kappa shape index (κ2) is 9.69. The largest absolute Gasteiger partial charge is 0.335 e. The fourth-order valence-electron chi connectivity index (χ4n) is 4.50. The van der Waals surface area contributed by atoms with Crippen LogP contribution < -0.4 is 0 Å². The first-order valence-corrected chi connectivity index (χ1v) is 11.1. The van der Waals surface area contributed by atoms with Crippen LogP contribution in [0.5, 0.6) is 0 Å². The lowest BCUT2D eigenvalue weighted by atomic mass is 9.86. The van der Waals surface area contributed by atoms with Gasteiger partial charge in [0, 0.05) is 42.4 Å². The maximum atomic E-state index is 13.8. The molecule has 2 atom stereocenters. The Morgan fingerprint density at radius 3 is 2.72 bits per heavy atom. The van der Waals surface area contributed by atoms with Crippen LogP contribution in [0.25, 0.3) is 11.4 Å². The van der Waals surface area contributed by atoms with Gasteiger partial charge >= 0.3 is 0 Å². The molecular weight excluding hydrogens is 398 g/mol. The summed E-state index contributed by atoms with van der Waals surface area (Å²) in [5, 5.41) is 8.98. The highest BCUT2D eigenvalue weighted by Crippen LogP contribution is 2.30. The molecule has 0 aliphatic carbocycles. The molecule has 4 rings (SSSR count). The second-order valence-electron chi connectivity index (χ2n) is 8.50. The molecule has 0 N–H and O–H groups in total. The van der Waals surface area contributed by atoms with Crippen molar-refractivity contribution in [3.8, 4) is 17.5 Å². The van der Waals surface area contributed by atoms with E-state index >= 15 is 0 Å². The first-order chi connectivity index (χ1) is 15.6. The van der Waals surface area contributed by atoms with Crippen molar-refractivity contribution in [2.75, 3.05) is 6.54 Å². The van der Waals surface area contributed by atoms with E-state index in [9.17, 15) is 4.79 Å². The number of aryl methyl sites for hydroxylation is 2. The van der Waals surface area contributed by atoms with Gasteiger partial charge in [0.2, 0.25) is 0 Å². The molecule has 0 bridgehead atoms. The van der Waals surface area contributed by atoms with Gasteiger partial charge in [-0.25, -0.2) is 9.97 Å². The molecule has 162 valence electrons. The fraction of sp³-hybridized carbons (Fsp3) is 0.346. The first-order valence-electron chi connectivity index (χ1n) is 11.1. The van der Waals surface area contributed by atoms with E-state index < -0.39 is 0 Å². The van der Waals surface area contributed by atoms with Crippen LogP contribution in [0.2, 0.25) is 0 Å². The Hall–Kier alpha value is -3.59. The van der Waals surface area contributed by atoms with Crippen LogP contribution >= 0.6 is 0 Å². The maximum absolute atomic E-state index is 13.8. The van der Waals surface area contributed by atoms with Gasteiger partial charge in [-0.15, -0.1) is 0 Å². The topological polar surface area (TPSA) is 82.8 Å². The van der Waals surface area contributed by atoms with Gasteiger partial charge in [-0.1, -0.05) is 24.6 Å². The quantitative estimate of drug-likeness (QED) is 0.597. The monoisotopic (exact) mass is 425 g/mol. The van der Waals surface area contributed by atoms with Crippen molar-refractivity contribution >= 4 is 5.91 Å². The predicted molar refractivity (Wildman–Crippen MR) is 123 cm³/mol. The number of benzene rings is 1. The number of carbonyl (C=O) groups excluding carboxylic acids is 1. The minimum absolute atomic E-state index is 0.0421. The van der Waals surface area contributed by atoms with Crippen molar-refractivity contribution in [2.45, 2.75) is 45.6 Å². The van der Waals surface area contributed by atoms with Crippen LogP contribution in [0, 0.1) is 24.2 Å². The average molecular weight is 426 g/mol. The molecule has 1 amide bonds. The minimum Gasteiger partial charge on any atom is -0.335 e. The van der Waals surface area contributed by atoms with Gasteiger partial charge in [-0.05, 0) is 62.8 Å². The fourth-order valence-corrected chi connectivity index (χ4v) is 4.50. The number of carbonyl (C=O) groups is 1. The van der Waals surface area contributed by atoms with E-state index in [4.69, 9.17) is 5.26 Å². The Balaban J connectivity index is 1.60. The van der Waals surface area contributed by atoms with Crippen molar-refractivity contribution in [3.05, 3.63) is 77.4 Å². The highest BCUT2D eigenvalue weighted by molar-refractivity contribution is 6.00. The number of pyridine rings is 1. The molecule has 0 spiro atoms. The summed E-state index contributed by atoms with van der Waals surface area (Å²) in [6, 6.07) is 13.6. The zero-order chi connectivity index (χ0) is 22.5. The number of nitriles is 1. The Labute approximate surface area is 189 Å². The van der Waals surface area contributed by atoms with Gasteiger partial charge in [0.15, 0.2) is 5.82 Å². The second-order valence-corrected chi connectivity index (χ2v) is 8.50. The van der Waals surface area contributed by atoms with Crippen molar-refractivity contribution in [2.24, 2.45) is 5.92 Å². The van der Waals surface area contributed by atoms with Crippen LogP contribution in [0.15, 0.2) is 55.0 Å². The summed E-state index contributed by atoms with van der Waals surface area (Å²) in [5.41, 5.74) is 3.98. The lowest BCUT2D eigenvalue weighted by molar-refractivity contribution is 0.0499. The summed E-state index contributed by atoms with van der Waals surface area (Å²) in [7, 11) is 0. The number of nitrogens with zero attached hydrogens (tertiary/aromatic N) is 5. The van der Waals surface area contributed by atoms with Crippen molar-refractivity contribution in [1.82, 2.24) is 19.9 Å². The summed E-state index contributed by atoms with van der Waals surface area (Å²) in [5.74, 6) is 1.02. The molecule has 32 heavy (non-hydrogen) atoms. The van der Waals surface area contributed by atoms with Gasteiger partial charge < -0.3 is 4.90 Å². The summed E-state index contributed by atoms with van der Waals surface area (Å²) in [4.78, 5) is 29.0. The van der Waals surface area contributed by atoms with Crippen LogP contribution in [0.4, 0.5) is 0 Å². The number of amides is 1. The molecule has 0 unspecified atom stereocenters. The SMILES string of the molecule is Cc1ccc(-c2ncccn2)c(C(=O)N2CCC[C@@H](C)[C@H]2CCc2ccc(C#N)cn2)c1. The Morgan fingerprint density at radius 1 is 1.19 bits per heavy atom. The van der Waals surface area contributed by atoms with Crippen LogP contribution in [0.1, 0.15) is 53.4 Å². The lowest BCUT2D eigenvalue weighted by Gasteiger charge is -2.40. The summed E-state index contributed by atoms with van der Waals surface area (Å²) >= 11 is 0. The number of piperidine rings is 1. The third-order valence-corrected chi connectivity index (χ3v) is 6.24. The van der Waals surface area contributed by atoms with Crippen molar-refractivity contribution < 1.29 is 4.79 Å². The van der Waals surface area contributed by atoms with E-state index in [2.05, 4.69) is 27.9 Å². The summed E-state index contributed by atoms with van der Waals surface area (Å²) in [6.07, 6.45) is 8.74. The normalized spacial score (nSPS) is 18.2. The van der Waals surface area contributed by atoms with Gasteiger partial charge in [0.25, 0.3) is 5.91 Å². The van der Waals surface area contributed by atoms with E-state index in [1.165, 1.54) is 0 Å². The molecule has 0 saturated carbocycles. The number of hydrogen-bond acceptors (Lipinski definition) is 5. The Bertz CT molecular complexity index is 1120. The Morgan fingerprint density at radius 2 is 2.00 bits per heavy atom. The Kier molecular flexibility index (Phi) is 6.55. The molecule has 1 aliphatic rings. The van der Waals surface area contributed by atoms with Crippen LogP contribution in [0.3, 0.4) is 0 Å². The number of hydrogen-bond donors (Lipinski definition) is 0. The van der Waals surface area contributed by atoms with Crippen molar-refractivity contribution in [1.29, 1.82) is 5.26 Å². The molecule has 1 fully saturated rings. The minimum atomic E-state index is 0.0421. The van der Waals surface area contributed by atoms with Gasteiger partial charge in [0.05, 0.1) is 11.1 Å². The van der Waals surface area contributed by atoms with E-state index in [0.29, 0.717) is 22.9 Å². The highest BCUT2D eigenvalue weighted by Gasteiger charge is 2.33. The smallest absolute Gasteiger partial charge is 0.254 e. The number of rotatable bonds is 5. The lowest BCUT2D eigenvalue weighted by Crippen LogP contribution is -2.48. The van der Waals surface area contributed by atoms with Gasteiger partial charge in [-0.3, -0.25) is 9.78 Å². The summed E-state index contributed by atoms with van der Waals surface area (Å²) < 4.78 is 0. The van der Waals surface area contributed by atoms with Gasteiger partial charge in [0.1, 0.15) is 6.07 Å². The highest BCUT2D eigenvalue weighted by atomic mass is 16.2. The third-order valence-electron chi connectivity index (χ3n) is 6.24. The number of aromatic nitrogens is 3. The van der Waals surface area contributed by atoms with Gasteiger partial charge in [-0.2, -0.15) is 5.26 Å². The average Bonchev–Trinajstić information content (AvgIpc) is 2.83. The molecule has 1 aromatic carbocycles. The molecule has 3 aromatic rings. The molecule has 6 heteroatoms. The summed E-state index contributed by atoms with van der Waals surface area (Å²) in [6.45, 7) is 4.98. The van der Waals surface area contributed by atoms with E-state index in [1.54, 1.807) is 30.7 Å². The molecule has 6 nitrogen and oxygen atoms in total. The molecule has 1 saturated heterocycles. The van der Waals surface area contributed by atoms with E-state index in [-0.39, 0.29) is 11.9 Å². The zero-order valence-electron chi connectivity index (χ0n) is 18.5. The van der Waals surface area contributed by atoms with E-state index in [0.717, 1.165) is 49.0 Å². The molecule has 3 heterocycles. The zero-order valence-corrected chi connectivity index (χ0v) is 18.5. The first kappa shape index (κ1) is 21.6. The molecular formula is C26H27N5O. The van der Waals surface area contributed by atoms with Crippen LogP contribution in [-0.2, 0) is 6.42 Å². The molecule has 2 aromatic heterocycles. The van der Waals surface area contributed by atoms with E-state index in [1.807, 2.05) is 36.1 Å². The van der Waals surface area contributed by atoms with Crippen LogP contribution in [-0.4, -0.2) is 38.3 Å². The third kappa shape index (κ3) is 4.67. The molecule has 0 radical (unpaired) electrons. The molecule has 1 aliphatic heterocycles. The predicted octanol–water partition coefficient (Wildman–Crippen LogP) is 4.59. The standard InChI is InChI=1S/C26H27N5O/c1-18-6-10-22(25-28-12-4-13-29-25)23(15-18)26(32)31-14-3-5-19(2)24(31)11-9-21-8-7-20(16-27)17-30-21/h4,6-8,10,12-13,15,17,19,24H,3,5,9,11,14H2,1-2H3/t19-,24-/m1/s1.